The predicted octanol–water partition coefficient (Wildman–Crippen LogP) is 1.07. The number of nitrogens with zero attached hydrogens (tertiary/aromatic N) is 1. The van der Waals surface area contributed by atoms with Crippen molar-refractivity contribution in [1.29, 1.82) is 0 Å². The van der Waals surface area contributed by atoms with Crippen LogP contribution in [0.2, 0.25) is 0 Å². The second-order valence-electron chi connectivity index (χ2n) is 2.00. The number of hydrogen-bond donors (Lipinski definition) is 2. The van der Waals surface area contributed by atoms with Crippen LogP contribution in [0.3, 0.4) is 0 Å². The topological polar surface area (TPSA) is 54.7 Å². The highest BCUT2D eigenvalue weighted by Crippen LogP contribution is 1.81. The SMILES string of the molecule is CCCN.Cc1c[nH]cn1. The zero-order valence-electron chi connectivity index (χ0n) is 6.59. The summed E-state index contributed by atoms with van der Waals surface area (Å²) in [5.41, 5.74) is 6.06. The van der Waals surface area contributed by atoms with E-state index in [-0.39, 0.29) is 0 Å². The smallest absolute Gasteiger partial charge is 0.0922 e. The van der Waals surface area contributed by atoms with Crippen molar-refractivity contribution in [3.05, 3.63) is 18.2 Å². The van der Waals surface area contributed by atoms with Gasteiger partial charge in [0.2, 0.25) is 0 Å². The normalized spacial score (nSPS) is 8.30. The van der Waals surface area contributed by atoms with Gasteiger partial charge in [-0.2, -0.15) is 0 Å². The van der Waals surface area contributed by atoms with Crippen LogP contribution in [0.5, 0.6) is 0 Å². The molecule has 1 aromatic rings. The van der Waals surface area contributed by atoms with E-state index < -0.39 is 0 Å². The van der Waals surface area contributed by atoms with Gasteiger partial charge in [0.25, 0.3) is 0 Å². The van der Waals surface area contributed by atoms with Crippen molar-refractivity contribution in [2.45, 2.75) is 20.3 Å². The van der Waals surface area contributed by atoms with Crippen LogP contribution in [0, 0.1) is 6.92 Å². The van der Waals surface area contributed by atoms with Gasteiger partial charge >= 0.3 is 0 Å². The summed E-state index contributed by atoms with van der Waals surface area (Å²) in [5, 5.41) is 0. The Balaban J connectivity index is 0.000000180. The van der Waals surface area contributed by atoms with Gasteiger partial charge in [-0.25, -0.2) is 4.98 Å². The van der Waals surface area contributed by atoms with Crippen LogP contribution in [-0.4, -0.2) is 16.5 Å². The Kier molecular flexibility index (Phi) is 5.77. The molecule has 0 atom stereocenters. The van der Waals surface area contributed by atoms with Crippen LogP contribution in [0.25, 0.3) is 0 Å². The zero-order valence-corrected chi connectivity index (χ0v) is 6.59. The van der Waals surface area contributed by atoms with Gasteiger partial charge < -0.3 is 10.7 Å². The highest BCUT2D eigenvalue weighted by molar-refractivity contribution is 4.87. The fraction of sp³-hybridized carbons (Fsp3) is 0.571. The summed E-state index contributed by atoms with van der Waals surface area (Å²) in [6, 6.07) is 0. The summed E-state index contributed by atoms with van der Waals surface area (Å²) in [7, 11) is 0. The number of hydrogen-bond acceptors (Lipinski definition) is 2. The first-order chi connectivity index (χ1) is 4.81. The van der Waals surface area contributed by atoms with Crippen molar-refractivity contribution in [2.24, 2.45) is 5.73 Å². The number of nitrogens with one attached hydrogen (secondary N) is 1. The van der Waals surface area contributed by atoms with Crippen molar-refractivity contribution < 1.29 is 0 Å². The number of imidazole rings is 1. The molecule has 0 aromatic carbocycles. The highest BCUT2D eigenvalue weighted by atomic mass is 14.8. The molecule has 10 heavy (non-hydrogen) atoms. The fourth-order valence-electron chi connectivity index (χ4n) is 0.334. The molecule has 58 valence electrons. The van der Waals surface area contributed by atoms with E-state index in [0.717, 1.165) is 18.7 Å². The monoisotopic (exact) mass is 141 g/mol. The molecule has 0 aliphatic carbocycles. The third-order valence-corrected chi connectivity index (χ3v) is 0.924. The summed E-state index contributed by atoms with van der Waals surface area (Å²) in [5.74, 6) is 0. The van der Waals surface area contributed by atoms with E-state index in [1.807, 2.05) is 13.1 Å². The minimum Gasteiger partial charge on any atom is -0.351 e. The number of nitrogens with two attached hydrogens (primary N) is 1. The van der Waals surface area contributed by atoms with Gasteiger partial charge in [0.15, 0.2) is 0 Å². The van der Waals surface area contributed by atoms with Gasteiger partial charge in [-0.3, -0.25) is 0 Å². The Labute approximate surface area is 61.7 Å². The van der Waals surface area contributed by atoms with Crippen molar-refractivity contribution in [3.8, 4) is 0 Å². The van der Waals surface area contributed by atoms with Crippen LogP contribution in [0.15, 0.2) is 12.5 Å². The van der Waals surface area contributed by atoms with Crippen LogP contribution in [0.4, 0.5) is 0 Å². The predicted molar refractivity (Wildman–Crippen MR) is 42.7 cm³/mol. The molecule has 3 nitrogen and oxygen atoms in total. The van der Waals surface area contributed by atoms with Gasteiger partial charge in [0.05, 0.1) is 12.0 Å². The number of aromatic amines is 1. The average Bonchev–Trinajstić information content (AvgIpc) is 2.40. The van der Waals surface area contributed by atoms with E-state index in [2.05, 4.69) is 16.9 Å². The maximum absolute atomic E-state index is 5.03. The minimum absolute atomic E-state index is 0.819. The average molecular weight is 141 g/mol. The lowest BCUT2D eigenvalue weighted by molar-refractivity contribution is 0.932. The maximum atomic E-state index is 5.03. The molecule has 0 bridgehead atoms. The molecule has 0 saturated carbocycles. The van der Waals surface area contributed by atoms with E-state index in [0.29, 0.717) is 0 Å². The number of rotatable bonds is 1. The van der Waals surface area contributed by atoms with E-state index in [1.165, 1.54) is 0 Å². The summed E-state index contributed by atoms with van der Waals surface area (Å²) in [6.07, 6.45) is 4.61. The first-order valence-corrected chi connectivity index (χ1v) is 3.46. The first-order valence-electron chi connectivity index (χ1n) is 3.46. The van der Waals surface area contributed by atoms with Crippen molar-refractivity contribution in [2.75, 3.05) is 6.54 Å². The van der Waals surface area contributed by atoms with Crippen molar-refractivity contribution in [1.82, 2.24) is 9.97 Å². The molecule has 0 spiro atoms. The van der Waals surface area contributed by atoms with Gasteiger partial charge in [-0.1, -0.05) is 6.92 Å². The first kappa shape index (κ1) is 9.17. The Morgan fingerprint density at radius 1 is 1.70 bits per heavy atom. The molecular weight excluding hydrogens is 126 g/mol. The second kappa shape index (κ2) is 6.29. The summed E-state index contributed by atoms with van der Waals surface area (Å²) in [6.45, 7) is 4.82. The van der Waals surface area contributed by atoms with E-state index in [1.54, 1.807) is 6.33 Å². The molecular formula is C7H15N3. The lowest BCUT2D eigenvalue weighted by atomic mass is 10.5. The van der Waals surface area contributed by atoms with Gasteiger partial charge in [0, 0.05) is 6.20 Å². The molecule has 0 fully saturated rings. The van der Waals surface area contributed by atoms with Crippen LogP contribution >= 0.6 is 0 Å². The third-order valence-electron chi connectivity index (χ3n) is 0.924. The molecule has 1 rings (SSSR count). The highest BCUT2D eigenvalue weighted by Gasteiger charge is 1.74. The largest absolute Gasteiger partial charge is 0.351 e. The molecule has 0 amide bonds. The van der Waals surface area contributed by atoms with E-state index in [9.17, 15) is 0 Å². The molecule has 1 heterocycles. The number of H-pyrrole nitrogens is 1. The lowest BCUT2D eigenvalue weighted by Crippen LogP contribution is -1.93. The molecule has 3 heteroatoms. The second-order valence-corrected chi connectivity index (χ2v) is 2.00. The molecule has 0 radical (unpaired) electrons. The molecule has 3 N–H and O–H groups in total. The van der Waals surface area contributed by atoms with Crippen LogP contribution < -0.4 is 5.73 Å². The summed E-state index contributed by atoms with van der Waals surface area (Å²) >= 11 is 0. The molecule has 0 unspecified atom stereocenters. The quantitative estimate of drug-likeness (QED) is 0.614. The van der Waals surface area contributed by atoms with Gasteiger partial charge in [-0.05, 0) is 19.9 Å². The third kappa shape index (κ3) is 5.31. The lowest BCUT2D eigenvalue weighted by Gasteiger charge is -1.70. The van der Waals surface area contributed by atoms with Crippen LogP contribution in [0.1, 0.15) is 19.0 Å². The Bertz CT molecular complexity index is 133. The maximum Gasteiger partial charge on any atom is 0.0922 e. The van der Waals surface area contributed by atoms with E-state index in [4.69, 9.17) is 5.73 Å². The Morgan fingerprint density at radius 2 is 2.30 bits per heavy atom. The summed E-state index contributed by atoms with van der Waals surface area (Å²) < 4.78 is 0. The molecule has 0 saturated heterocycles. The van der Waals surface area contributed by atoms with Crippen molar-refractivity contribution >= 4 is 0 Å². The molecule has 0 aliphatic heterocycles. The molecule has 1 aromatic heterocycles. The van der Waals surface area contributed by atoms with Crippen LogP contribution in [-0.2, 0) is 0 Å². The summed E-state index contributed by atoms with van der Waals surface area (Å²) in [4.78, 5) is 6.68. The standard InChI is InChI=1S/C4H6N2.C3H9N/c1-4-2-5-3-6-4;1-2-3-4/h2-3H,1H3,(H,5,6);2-4H2,1H3. The Hall–Kier alpha value is -0.830. The van der Waals surface area contributed by atoms with Gasteiger partial charge in [0.1, 0.15) is 0 Å². The zero-order chi connectivity index (χ0) is 7.82. The minimum atomic E-state index is 0.819. The number of aryl methyl sites for hydroxylation is 1. The fourth-order valence-corrected chi connectivity index (χ4v) is 0.334. The van der Waals surface area contributed by atoms with Crippen molar-refractivity contribution in [3.63, 3.8) is 0 Å². The molecule has 0 aliphatic rings. The Morgan fingerprint density at radius 3 is 2.40 bits per heavy atom. The van der Waals surface area contributed by atoms with E-state index >= 15 is 0 Å². The van der Waals surface area contributed by atoms with Gasteiger partial charge in [-0.15, -0.1) is 0 Å². The number of aromatic nitrogens is 2.